The van der Waals surface area contributed by atoms with E-state index < -0.39 is 16.9 Å². The molecule has 0 heterocycles. The summed E-state index contributed by atoms with van der Waals surface area (Å²) in [4.78, 5) is 39.2. The van der Waals surface area contributed by atoms with E-state index in [2.05, 4.69) is 5.32 Å². The quantitative estimate of drug-likeness (QED) is 0.191. The normalized spacial score (nSPS) is 11.6. The van der Waals surface area contributed by atoms with Gasteiger partial charge in [-0.1, -0.05) is 78.9 Å². The summed E-state index contributed by atoms with van der Waals surface area (Å²) in [6, 6.07) is 31.9. The average molecular weight is 478 g/mol. The molecule has 36 heavy (non-hydrogen) atoms. The van der Waals surface area contributed by atoms with Crippen LogP contribution in [0.1, 0.15) is 17.2 Å². The van der Waals surface area contributed by atoms with Crippen molar-refractivity contribution in [1.82, 2.24) is 0 Å². The molecule has 1 atom stereocenters. The van der Waals surface area contributed by atoms with Crippen LogP contribution in [0, 0.1) is 10.1 Å². The number of anilines is 2. The SMILES string of the molecule is O=C(Nc1ccc([N+](=O)[O-])cc1)C(c1ccccc1)N(C(=O)/C=C/c1ccccc1)c1ccccc1. The maximum Gasteiger partial charge on any atom is 0.269 e. The van der Waals surface area contributed by atoms with Gasteiger partial charge >= 0.3 is 0 Å². The maximum absolute atomic E-state index is 13.7. The van der Waals surface area contributed by atoms with E-state index in [1.165, 1.54) is 35.2 Å². The van der Waals surface area contributed by atoms with Gasteiger partial charge < -0.3 is 5.32 Å². The second-order valence-corrected chi connectivity index (χ2v) is 7.89. The van der Waals surface area contributed by atoms with Crippen LogP contribution in [0.2, 0.25) is 0 Å². The molecule has 4 rings (SSSR count). The number of nitro benzene ring substituents is 1. The van der Waals surface area contributed by atoms with Gasteiger partial charge in [-0.3, -0.25) is 24.6 Å². The van der Waals surface area contributed by atoms with E-state index in [1.54, 1.807) is 54.6 Å². The minimum atomic E-state index is -1.00. The minimum Gasteiger partial charge on any atom is -0.324 e. The van der Waals surface area contributed by atoms with Crippen molar-refractivity contribution in [1.29, 1.82) is 0 Å². The highest BCUT2D eigenvalue weighted by Gasteiger charge is 2.32. The lowest BCUT2D eigenvalue weighted by Crippen LogP contribution is -2.40. The zero-order chi connectivity index (χ0) is 25.3. The lowest BCUT2D eigenvalue weighted by molar-refractivity contribution is -0.384. The number of para-hydroxylation sites is 1. The van der Waals surface area contributed by atoms with Gasteiger partial charge in [-0.2, -0.15) is 0 Å². The molecule has 4 aromatic rings. The predicted octanol–water partition coefficient (Wildman–Crippen LogP) is 6.02. The second-order valence-electron chi connectivity index (χ2n) is 7.89. The molecule has 0 aromatic heterocycles. The Bertz CT molecular complexity index is 1360. The fraction of sp³-hybridized carbons (Fsp3) is 0.0345. The highest BCUT2D eigenvalue weighted by atomic mass is 16.6. The summed E-state index contributed by atoms with van der Waals surface area (Å²) in [5.74, 6) is -0.835. The first-order valence-corrected chi connectivity index (χ1v) is 11.2. The molecule has 4 aromatic carbocycles. The molecule has 7 nitrogen and oxygen atoms in total. The van der Waals surface area contributed by atoms with E-state index in [1.807, 2.05) is 42.5 Å². The van der Waals surface area contributed by atoms with Crippen molar-refractivity contribution < 1.29 is 14.5 Å². The Morgan fingerprint density at radius 3 is 1.92 bits per heavy atom. The van der Waals surface area contributed by atoms with Gasteiger partial charge in [-0.15, -0.1) is 0 Å². The summed E-state index contributed by atoms with van der Waals surface area (Å²) >= 11 is 0. The van der Waals surface area contributed by atoms with Crippen molar-refractivity contribution in [3.63, 3.8) is 0 Å². The Balaban J connectivity index is 1.73. The monoisotopic (exact) mass is 477 g/mol. The maximum atomic E-state index is 13.7. The van der Waals surface area contributed by atoms with E-state index in [0.29, 0.717) is 16.9 Å². The van der Waals surface area contributed by atoms with Crippen molar-refractivity contribution in [2.24, 2.45) is 0 Å². The smallest absolute Gasteiger partial charge is 0.269 e. The molecule has 0 saturated carbocycles. The topological polar surface area (TPSA) is 92.5 Å². The summed E-state index contributed by atoms with van der Waals surface area (Å²) in [6.07, 6.45) is 3.14. The van der Waals surface area contributed by atoms with Gasteiger partial charge in [0, 0.05) is 29.6 Å². The molecule has 0 aliphatic rings. The Morgan fingerprint density at radius 1 is 0.778 bits per heavy atom. The molecule has 7 heteroatoms. The number of nitro groups is 1. The van der Waals surface area contributed by atoms with Crippen LogP contribution in [0.5, 0.6) is 0 Å². The van der Waals surface area contributed by atoms with Gasteiger partial charge in [-0.05, 0) is 41.5 Å². The third-order valence-electron chi connectivity index (χ3n) is 5.46. The summed E-state index contributed by atoms with van der Waals surface area (Å²) in [6.45, 7) is 0. The van der Waals surface area contributed by atoms with Crippen LogP contribution in [-0.2, 0) is 9.59 Å². The molecule has 1 unspecified atom stereocenters. The number of nitrogens with zero attached hydrogens (tertiary/aromatic N) is 2. The van der Waals surface area contributed by atoms with Crippen molar-refractivity contribution in [3.05, 3.63) is 143 Å². The molecule has 0 fully saturated rings. The van der Waals surface area contributed by atoms with Crippen molar-refractivity contribution in [2.45, 2.75) is 6.04 Å². The largest absolute Gasteiger partial charge is 0.324 e. The summed E-state index contributed by atoms with van der Waals surface area (Å²) in [7, 11) is 0. The molecule has 0 spiro atoms. The second kappa shape index (κ2) is 11.4. The molecule has 0 aliphatic carbocycles. The molecule has 0 saturated heterocycles. The molecule has 2 amide bonds. The molecular weight excluding hydrogens is 454 g/mol. The van der Waals surface area contributed by atoms with E-state index in [-0.39, 0.29) is 11.6 Å². The number of carbonyl (C=O) groups excluding carboxylic acids is 2. The minimum absolute atomic E-state index is 0.0836. The molecule has 0 aliphatic heterocycles. The zero-order valence-electron chi connectivity index (χ0n) is 19.2. The van der Waals surface area contributed by atoms with E-state index in [9.17, 15) is 19.7 Å². The number of benzene rings is 4. The third kappa shape index (κ3) is 5.90. The van der Waals surface area contributed by atoms with Crippen LogP contribution in [0.25, 0.3) is 6.08 Å². The van der Waals surface area contributed by atoms with E-state index in [0.717, 1.165) is 5.56 Å². The van der Waals surface area contributed by atoms with E-state index in [4.69, 9.17) is 0 Å². The Hall–Kier alpha value is -5.04. The molecule has 0 radical (unpaired) electrons. The van der Waals surface area contributed by atoms with Crippen LogP contribution in [0.4, 0.5) is 17.1 Å². The van der Waals surface area contributed by atoms with Gasteiger partial charge in [0.2, 0.25) is 0 Å². The first-order valence-electron chi connectivity index (χ1n) is 11.2. The van der Waals surface area contributed by atoms with Crippen molar-refractivity contribution in [3.8, 4) is 0 Å². The molecule has 0 bridgehead atoms. The molecule has 1 N–H and O–H groups in total. The van der Waals surface area contributed by atoms with Crippen LogP contribution < -0.4 is 10.2 Å². The van der Waals surface area contributed by atoms with E-state index >= 15 is 0 Å². The van der Waals surface area contributed by atoms with Gasteiger partial charge in [-0.25, -0.2) is 0 Å². The Kier molecular flexibility index (Phi) is 7.63. The first-order chi connectivity index (χ1) is 17.5. The number of non-ortho nitro benzene ring substituents is 1. The number of carbonyl (C=O) groups is 2. The average Bonchev–Trinajstić information content (AvgIpc) is 2.92. The van der Waals surface area contributed by atoms with Gasteiger partial charge in [0.25, 0.3) is 17.5 Å². The Morgan fingerprint density at radius 2 is 1.33 bits per heavy atom. The van der Waals surface area contributed by atoms with Crippen LogP contribution in [0.3, 0.4) is 0 Å². The molecular formula is C29H23N3O4. The lowest BCUT2D eigenvalue weighted by Gasteiger charge is -2.30. The standard InChI is InChI=1S/C29H23N3O4/c33-27(21-16-22-10-4-1-5-11-22)31(25-14-8-3-9-15-25)28(23-12-6-2-7-13-23)29(34)30-24-17-19-26(20-18-24)32(35)36/h1-21,28H,(H,30,34)/b21-16+. The highest BCUT2D eigenvalue weighted by molar-refractivity contribution is 6.10. The lowest BCUT2D eigenvalue weighted by atomic mass is 10.0. The Labute approximate surface area is 208 Å². The predicted molar refractivity (Wildman–Crippen MR) is 140 cm³/mol. The van der Waals surface area contributed by atoms with Gasteiger partial charge in [0.05, 0.1) is 4.92 Å². The van der Waals surface area contributed by atoms with Crippen molar-refractivity contribution >= 4 is 35.0 Å². The van der Waals surface area contributed by atoms with Gasteiger partial charge in [0.1, 0.15) is 6.04 Å². The number of amides is 2. The first kappa shape index (κ1) is 24.1. The third-order valence-corrected chi connectivity index (χ3v) is 5.46. The summed E-state index contributed by atoms with van der Waals surface area (Å²) in [5, 5.41) is 13.8. The fourth-order valence-electron chi connectivity index (χ4n) is 3.73. The van der Waals surface area contributed by atoms with Crippen LogP contribution in [-0.4, -0.2) is 16.7 Å². The summed E-state index contributed by atoms with van der Waals surface area (Å²) < 4.78 is 0. The van der Waals surface area contributed by atoms with Gasteiger partial charge in [0.15, 0.2) is 0 Å². The number of hydrogen-bond donors (Lipinski definition) is 1. The zero-order valence-corrected chi connectivity index (χ0v) is 19.2. The highest BCUT2D eigenvalue weighted by Crippen LogP contribution is 2.30. The fourth-order valence-corrected chi connectivity index (χ4v) is 3.73. The van der Waals surface area contributed by atoms with Crippen molar-refractivity contribution in [2.75, 3.05) is 10.2 Å². The summed E-state index contributed by atoms with van der Waals surface area (Å²) in [5.41, 5.74) is 2.31. The number of rotatable bonds is 8. The van der Waals surface area contributed by atoms with Crippen LogP contribution in [0.15, 0.2) is 121 Å². The van der Waals surface area contributed by atoms with Crippen LogP contribution >= 0.6 is 0 Å². The number of nitrogens with one attached hydrogen (secondary N) is 1. The molecule has 178 valence electrons. The number of hydrogen-bond acceptors (Lipinski definition) is 4.